The molecule has 0 fully saturated rings. The molecule has 0 aliphatic carbocycles. The van der Waals surface area contributed by atoms with Crippen molar-refractivity contribution in [1.29, 1.82) is 0 Å². The first-order valence-corrected chi connectivity index (χ1v) is 22.4. The second kappa shape index (κ2) is 18.7. The lowest BCUT2D eigenvalue weighted by molar-refractivity contribution is 0.0881. The van der Waals surface area contributed by atoms with Gasteiger partial charge in [0.05, 0.1) is 0 Å². The second-order valence-electron chi connectivity index (χ2n) is 17.7. The number of hydrogen-bond donors (Lipinski definition) is 5. The van der Waals surface area contributed by atoms with Crippen molar-refractivity contribution >= 4 is 61.6 Å². The Kier molecular flexibility index (Phi) is 15.5. The van der Waals surface area contributed by atoms with Gasteiger partial charge in [0.1, 0.15) is 0 Å². The van der Waals surface area contributed by atoms with Gasteiger partial charge in [0.25, 0.3) is 11.8 Å². The molecule has 1 unspecified atom stereocenters. The maximum absolute atomic E-state index is 13.1. The van der Waals surface area contributed by atoms with E-state index in [9.17, 15) is 9.59 Å². The Bertz CT molecular complexity index is 1560. The van der Waals surface area contributed by atoms with Crippen LogP contribution in [0.3, 0.4) is 0 Å². The van der Waals surface area contributed by atoms with Gasteiger partial charge in [-0.05, 0) is 138 Å². The first-order valence-electron chi connectivity index (χ1n) is 18.7. The molecule has 3 rings (SSSR count). The smallest absolute Gasteiger partial charge is 0.347 e. The summed E-state index contributed by atoms with van der Waals surface area (Å²) < 4.78 is 11.9. The zero-order chi connectivity index (χ0) is 40.4. The highest BCUT2D eigenvalue weighted by Crippen LogP contribution is 2.29. The number of hydrogen-bond acceptors (Lipinski definition) is 11. The zero-order valence-electron chi connectivity index (χ0n) is 34.7. The fourth-order valence-electron chi connectivity index (χ4n) is 6.96. The molecule has 2 aromatic carbocycles. The maximum Gasteiger partial charge on any atom is 0.347 e. The average molecular weight is 781 g/mol. The van der Waals surface area contributed by atoms with Gasteiger partial charge in [-0.15, -0.1) is 0 Å². The van der Waals surface area contributed by atoms with Gasteiger partial charge in [0.15, 0.2) is 0 Å². The molecule has 12 nitrogen and oxygen atoms in total. The van der Waals surface area contributed by atoms with Crippen molar-refractivity contribution in [1.82, 2.24) is 25.6 Å². The highest BCUT2D eigenvalue weighted by molar-refractivity contribution is 7.94. The van der Waals surface area contributed by atoms with E-state index in [2.05, 4.69) is 89.6 Å². The van der Waals surface area contributed by atoms with Gasteiger partial charge < -0.3 is 34.9 Å². The number of benzene rings is 2. The number of aromatic nitrogens is 3. The van der Waals surface area contributed by atoms with E-state index >= 15 is 0 Å². The minimum Gasteiger partial charge on any atom is -0.394 e. The van der Waals surface area contributed by atoms with Crippen LogP contribution >= 0.6 is 12.0 Å². The molecule has 1 aromatic heterocycles. The standard InChI is InChI=1S/C40H64N8O4SSi/c1-14-51-54(13,52-53-12)25-15-24-41-34-44-35(42-30-20-16-28(17-21-30)32(49)47-39(8,9)26-37(2,3)4)46-36(45-34)43-31-22-18-29(19-23-31)33(50)48-40(10,11)27-38(5,6)7/h16-23H,14-15,24-27H2,1-13H3,(H,47,49)(H,48,50)(H3,41,42,43,44,45,46). The summed E-state index contributed by atoms with van der Waals surface area (Å²) in [6, 6.07) is 15.2. The third kappa shape index (κ3) is 15.9. The molecular formula is C40H64N8O4SSi. The normalized spacial score (nSPS) is 13.5. The largest absolute Gasteiger partial charge is 0.394 e. The van der Waals surface area contributed by atoms with Gasteiger partial charge in [-0.25, -0.2) is 0 Å². The van der Waals surface area contributed by atoms with E-state index in [0.29, 0.717) is 53.5 Å². The molecule has 14 heteroatoms. The average Bonchev–Trinajstić information content (AvgIpc) is 3.01. The van der Waals surface area contributed by atoms with E-state index in [1.165, 1.54) is 12.0 Å². The van der Waals surface area contributed by atoms with Crippen LogP contribution < -0.4 is 26.6 Å². The molecule has 3 aromatic rings. The number of carbonyl (C=O) groups excluding carboxylic acids is 2. The third-order valence-corrected chi connectivity index (χ3v) is 12.3. The first-order chi connectivity index (χ1) is 25.0. The van der Waals surface area contributed by atoms with Gasteiger partial charge in [0.2, 0.25) is 17.8 Å². The summed E-state index contributed by atoms with van der Waals surface area (Å²) in [6.45, 7) is 26.4. The maximum atomic E-state index is 13.1. The summed E-state index contributed by atoms with van der Waals surface area (Å²) in [7, 11) is -2.30. The minimum absolute atomic E-state index is 0.0775. The number of nitrogens with one attached hydrogen (secondary N) is 5. The minimum atomic E-state index is -2.30. The van der Waals surface area contributed by atoms with E-state index in [4.69, 9.17) is 8.30 Å². The zero-order valence-corrected chi connectivity index (χ0v) is 36.6. The number of rotatable bonds is 19. The van der Waals surface area contributed by atoms with Crippen molar-refractivity contribution < 1.29 is 17.9 Å². The molecular weight excluding hydrogens is 717 g/mol. The lowest BCUT2D eigenvalue weighted by Crippen LogP contribution is -2.45. The van der Waals surface area contributed by atoms with Crippen LogP contribution in [0.5, 0.6) is 0 Å². The monoisotopic (exact) mass is 780 g/mol. The Morgan fingerprint density at radius 2 is 1.09 bits per heavy atom. The lowest BCUT2D eigenvalue weighted by Gasteiger charge is -2.33. The summed E-state index contributed by atoms with van der Waals surface area (Å²) in [6.07, 6.45) is 4.38. The molecule has 2 amide bonds. The Morgan fingerprint density at radius 3 is 1.46 bits per heavy atom. The SMILES string of the molecule is CCO[Si](C)(CCCNc1nc(Nc2ccc(C(=O)NC(C)(C)CC(C)(C)C)cc2)nc(Nc2ccc(C(=O)NC(C)(C)CC(C)(C)C)cc2)n1)OSC. The Morgan fingerprint density at radius 1 is 0.685 bits per heavy atom. The first kappa shape index (κ1) is 44.7. The number of nitrogens with zero attached hydrogens (tertiary/aromatic N) is 3. The lowest BCUT2D eigenvalue weighted by atomic mass is 9.81. The molecule has 1 heterocycles. The van der Waals surface area contributed by atoms with Crippen LogP contribution in [-0.2, 0) is 8.30 Å². The van der Waals surface area contributed by atoms with Crippen molar-refractivity contribution in [3.63, 3.8) is 0 Å². The predicted octanol–water partition coefficient (Wildman–Crippen LogP) is 9.45. The quantitative estimate of drug-likeness (QED) is 0.0450. The van der Waals surface area contributed by atoms with E-state index in [0.717, 1.165) is 25.3 Å². The van der Waals surface area contributed by atoms with Gasteiger partial charge in [0, 0.05) is 53.0 Å². The molecule has 0 aliphatic heterocycles. The van der Waals surface area contributed by atoms with Crippen LogP contribution in [0.15, 0.2) is 48.5 Å². The number of amides is 2. The highest BCUT2D eigenvalue weighted by Gasteiger charge is 2.31. The van der Waals surface area contributed by atoms with Crippen LogP contribution in [0.2, 0.25) is 12.6 Å². The van der Waals surface area contributed by atoms with Crippen molar-refractivity contribution in [3.05, 3.63) is 59.7 Å². The van der Waals surface area contributed by atoms with Gasteiger partial charge in [-0.1, -0.05) is 41.5 Å². The van der Waals surface area contributed by atoms with Crippen LogP contribution in [0.4, 0.5) is 29.2 Å². The molecule has 0 bridgehead atoms. The Hall–Kier alpha value is -3.72. The molecule has 0 radical (unpaired) electrons. The van der Waals surface area contributed by atoms with Crippen LogP contribution in [-0.4, -0.2) is 65.8 Å². The van der Waals surface area contributed by atoms with E-state index in [1.807, 2.05) is 65.1 Å². The van der Waals surface area contributed by atoms with Crippen molar-refractivity contribution in [3.8, 4) is 0 Å². The predicted molar refractivity (Wildman–Crippen MR) is 226 cm³/mol. The van der Waals surface area contributed by atoms with Gasteiger partial charge >= 0.3 is 8.56 Å². The van der Waals surface area contributed by atoms with Crippen LogP contribution in [0.25, 0.3) is 0 Å². The summed E-state index contributed by atoms with van der Waals surface area (Å²) in [5, 5.41) is 16.2. The number of carbonyl (C=O) groups is 2. The summed E-state index contributed by atoms with van der Waals surface area (Å²) in [5.41, 5.74) is 1.98. The van der Waals surface area contributed by atoms with Crippen LogP contribution in [0, 0.1) is 10.8 Å². The molecule has 0 aliphatic rings. The van der Waals surface area contributed by atoms with Crippen molar-refractivity contribution in [2.45, 2.75) is 119 Å². The summed E-state index contributed by atoms with van der Waals surface area (Å²) in [5.74, 6) is 0.759. The third-order valence-electron chi connectivity index (χ3n) is 8.09. The molecule has 298 valence electrons. The summed E-state index contributed by atoms with van der Waals surface area (Å²) >= 11 is 1.34. The Labute approximate surface area is 329 Å². The molecule has 0 saturated heterocycles. The van der Waals surface area contributed by atoms with Crippen molar-refractivity contribution in [2.75, 3.05) is 35.4 Å². The molecule has 1 atom stereocenters. The van der Waals surface area contributed by atoms with E-state index in [1.54, 1.807) is 24.3 Å². The van der Waals surface area contributed by atoms with Crippen molar-refractivity contribution in [2.24, 2.45) is 10.8 Å². The van der Waals surface area contributed by atoms with Crippen LogP contribution in [0.1, 0.15) is 116 Å². The second-order valence-corrected chi connectivity index (χ2v) is 21.8. The van der Waals surface area contributed by atoms with Gasteiger partial charge in [-0.2, -0.15) is 15.0 Å². The van der Waals surface area contributed by atoms with E-state index in [-0.39, 0.29) is 33.7 Å². The molecule has 0 saturated carbocycles. The fourth-order valence-corrected chi connectivity index (χ4v) is 10.5. The van der Waals surface area contributed by atoms with Gasteiger partial charge in [-0.3, -0.25) is 9.59 Å². The topological polar surface area (TPSA) is 151 Å². The summed E-state index contributed by atoms with van der Waals surface area (Å²) in [4.78, 5) is 40.1. The molecule has 54 heavy (non-hydrogen) atoms. The number of anilines is 5. The van der Waals surface area contributed by atoms with E-state index < -0.39 is 8.56 Å². The molecule has 0 spiro atoms. The molecule has 5 N–H and O–H groups in total. The Balaban J connectivity index is 1.79. The fraction of sp³-hybridized carbons (Fsp3) is 0.575. The highest BCUT2D eigenvalue weighted by atomic mass is 32.2.